The average Bonchev–Trinajstić information content (AvgIpc) is 3.19. The van der Waals surface area contributed by atoms with E-state index in [1.54, 1.807) is 18.2 Å². The Hall–Kier alpha value is -3.80. The van der Waals surface area contributed by atoms with Gasteiger partial charge >= 0.3 is 5.69 Å². The van der Waals surface area contributed by atoms with Gasteiger partial charge in [-0.2, -0.15) is 4.52 Å². The first-order valence-electron chi connectivity index (χ1n) is 8.89. The van der Waals surface area contributed by atoms with E-state index in [1.165, 1.54) is 15.1 Å². The van der Waals surface area contributed by atoms with Crippen LogP contribution in [0.1, 0.15) is 5.56 Å². The lowest BCUT2D eigenvalue weighted by Crippen LogP contribution is -2.28. The van der Waals surface area contributed by atoms with Crippen molar-refractivity contribution >= 4 is 16.6 Å². The number of hydrogen-bond acceptors (Lipinski definition) is 3. The number of nitrogens with zero attached hydrogens (tertiary/aromatic N) is 4. The molecule has 0 spiro atoms. The minimum atomic E-state index is -0.355. The Kier molecular flexibility index (Phi) is 3.76. The number of rotatable bonds is 3. The van der Waals surface area contributed by atoms with Crippen LogP contribution in [0.25, 0.3) is 27.9 Å². The lowest BCUT2D eigenvalue weighted by molar-refractivity contribution is 0.594. The van der Waals surface area contributed by atoms with Gasteiger partial charge in [-0.1, -0.05) is 60.7 Å². The van der Waals surface area contributed by atoms with Crippen LogP contribution in [0.5, 0.6) is 0 Å². The maximum absolute atomic E-state index is 14.2. The van der Waals surface area contributed by atoms with Gasteiger partial charge in [-0.15, -0.1) is 5.10 Å². The number of fused-ring (bicyclic) bond motifs is 3. The second-order valence-electron chi connectivity index (χ2n) is 6.51. The molecule has 2 heterocycles. The van der Waals surface area contributed by atoms with E-state index in [9.17, 15) is 9.18 Å². The summed E-state index contributed by atoms with van der Waals surface area (Å²) in [6, 6.07) is 23.4. The van der Waals surface area contributed by atoms with Crippen molar-refractivity contribution in [3.63, 3.8) is 0 Å². The second kappa shape index (κ2) is 6.42. The zero-order valence-electron chi connectivity index (χ0n) is 14.8. The Morgan fingerprint density at radius 1 is 0.857 bits per heavy atom. The SMILES string of the molecule is O=c1n(Cc2ccccc2F)c2ccccc2c2nc(-c3ccccc3)nn12. The zero-order chi connectivity index (χ0) is 19.1. The van der Waals surface area contributed by atoms with Gasteiger partial charge in [0.2, 0.25) is 0 Å². The molecule has 136 valence electrons. The van der Waals surface area contributed by atoms with Crippen molar-refractivity contribution in [2.45, 2.75) is 6.54 Å². The number of benzene rings is 3. The normalized spacial score (nSPS) is 11.3. The molecule has 5 rings (SSSR count). The highest BCUT2D eigenvalue weighted by Crippen LogP contribution is 2.21. The summed E-state index contributed by atoms with van der Waals surface area (Å²) in [4.78, 5) is 17.8. The predicted molar refractivity (Wildman–Crippen MR) is 106 cm³/mol. The molecule has 0 radical (unpaired) electrons. The Bertz CT molecular complexity index is 1370. The van der Waals surface area contributed by atoms with Crippen molar-refractivity contribution in [3.8, 4) is 11.4 Å². The van der Waals surface area contributed by atoms with Gasteiger partial charge in [-0.3, -0.25) is 4.57 Å². The topological polar surface area (TPSA) is 52.2 Å². The molecule has 0 fully saturated rings. The minimum Gasteiger partial charge on any atom is -0.287 e. The summed E-state index contributed by atoms with van der Waals surface area (Å²) in [7, 11) is 0. The van der Waals surface area contributed by atoms with Crippen molar-refractivity contribution in [2.75, 3.05) is 0 Å². The van der Waals surface area contributed by atoms with Gasteiger partial charge in [0, 0.05) is 16.5 Å². The molecule has 3 aromatic carbocycles. The van der Waals surface area contributed by atoms with Gasteiger partial charge in [0.1, 0.15) is 5.82 Å². The Balaban J connectivity index is 1.79. The lowest BCUT2D eigenvalue weighted by Gasteiger charge is -2.11. The second-order valence-corrected chi connectivity index (χ2v) is 6.51. The summed E-state index contributed by atoms with van der Waals surface area (Å²) in [6.07, 6.45) is 0. The maximum Gasteiger partial charge on any atom is 0.351 e. The first-order chi connectivity index (χ1) is 13.7. The fourth-order valence-electron chi connectivity index (χ4n) is 3.39. The lowest BCUT2D eigenvalue weighted by atomic mass is 10.2. The van der Waals surface area contributed by atoms with E-state index in [-0.39, 0.29) is 18.1 Å². The molecule has 0 bridgehead atoms. The van der Waals surface area contributed by atoms with Crippen LogP contribution in [-0.2, 0) is 6.54 Å². The third-order valence-electron chi connectivity index (χ3n) is 4.77. The van der Waals surface area contributed by atoms with Crippen LogP contribution >= 0.6 is 0 Å². The highest BCUT2D eigenvalue weighted by atomic mass is 19.1. The molecule has 0 unspecified atom stereocenters. The summed E-state index contributed by atoms with van der Waals surface area (Å²) in [5.74, 6) is 0.133. The Labute approximate surface area is 159 Å². The summed E-state index contributed by atoms with van der Waals surface area (Å²) >= 11 is 0. The van der Waals surface area contributed by atoms with E-state index < -0.39 is 0 Å². The van der Waals surface area contributed by atoms with Gasteiger partial charge in [-0.05, 0) is 18.2 Å². The zero-order valence-corrected chi connectivity index (χ0v) is 14.8. The molecular formula is C22H15FN4O. The van der Waals surface area contributed by atoms with Crippen LogP contribution in [0.2, 0.25) is 0 Å². The van der Waals surface area contributed by atoms with E-state index in [0.717, 1.165) is 10.9 Å². The van der Waals surface area contributed by atoms with E-state index in [0.29, 0.717) is 22.6 Å². The molecule has 6 heteroatoms. The minimum absolute atomic E-state index is 0.114. The van der Waals surface area contributed by atoms with Gasteiger partial charge in [0.15, 0.2) is 11.5 Å². The predicted octanol–water partition coefficient (Wildman–Crippen LogP) is 3.90. The largest absolute Gasteiger partial charge is 0.351 e. The summed E-state index contributed by atoms with van der Waals surface area (Å²) in [5, 5.41) is 5.22. The molecule has 0 saturated heterocycles. The maximum atomic E-state index is 14.2. The van der Waals surface area contributed by atoms with Crippen LogP contribution < -0.4 is 5.69 Å². The van der Waals surface area contributed by atoms with E-state index in [1.807, 2.05) is 54.6 Å². The molecule has 5 aromatic rings. The Morgan fingerprint density at radius 2 is 1.57 bits per heavy atom. The highest BCUT2D eigenvalue weighted by Gasteiger charge is 2.16. The number of hydrogen-bond donors (Lipinski definition) is 0. The monoisotopic (exact) mass is 370 g/mol. The van der Waals surface area contributed by atoms with E-state index in [4.69, 9.17) is 0 Å². The van der Waals surface area contributed by atoms with Gasteiger partial charge in [0.25, 0.3) is 0 Å². The summed E-state index contributed by atoms with van der Waals surface area (Å²) in [5.41, 5.74) is 2.10. The quantitative estimate of drug-likeness (QED) is 0.484. The molecule has 0 saturated carbocycles. The van der Waals surface area contributed by atoms with Gasteiger partial charge in [-0.25, -0.2) is 14.2 Å². The van der Waals surface area contributed by atoms with Crippen LogP contribution in [0, 0.1) is 5.82 Å². The molecule has 0 aliphatic carbocycles. The summed E-state index contributed by atoms with van der Waals surface area (Å²) < 4.78 is 17.0. The molecule has 28 heavy (non-hydrogen) atoms. The number of aromatic nitrogens is 4. The fraction of sp³-hybridized carbons (Fsp3) is 0.0455. The van der Waals surface area contributed by atoms with Crippen LogP contribution in [0.15, 0.2) is 83.7 Å². The molecule has 0 aliphatic heterocycles. The third-order valence-corrected chi connectivity index (χ3v) is 4.77. The van der Waals surface area contributed by atoms with E-state index >= 15 is 0 Å². The molecule has 0 atom stereocenters. The van der Waals surface area contributed by atoms with Crippen molar-refractivity contribution < 1.29 is 4.39 Å². The van der Waals surface area contributed by atoms with Crippen LogP contribution in [-0.4, -0.2) is 19.2 Å². The molecule has 0 amide bonds. The Morgan fingerprint density at radius 3 is 2.39 bits per heavy atom. The van der Waals surface area contributed by atoms with Crippen LogP contribution in [0.4, 0.5) is 4.39 Å². The molecule has 2 aromatic heterocycles. The first kappa shape index (κ1) is 16.4. The fourth-order valence-corrected chi connectivity index (χ4v) is 3.39. The molecule has 5 nitrogen and oxygen atoms in total. The standard InChI is InChI=1S/C22H15FN4O/c23-18-12-6-4-10-16(18)14-26-19-13-7-5-11-17(19)21-24-20(25-27(21)22(26)28)15-8-2-1-3-9-15/h1-13H,14H2. The number of halogens is 1. The van der Waals surface area contributed by atoms with Crippen LogP contribution in [0.3, 0.4) is 0 Å². The van der Waals surface area contributed by atoms with Crippen molar-refractivity contribution in [3.05, 3.63) is 101 Å². The van der Waals surface area contributed by atoms with E-state index in [2.05, 4.69) is 10.1 Å². The highest BCUT2D eigenvalue weighted by molar-refractivity contribution is 5.91. The molecular weight excluding hydrogens is 355 g/mol. The molecule has 0 N–H and O–H groups in total. The molecule has 0 aliphatic rings. The average molecular weight is 370 g/mol. The first-order valence-corrected chi connectivity index (χ1v) is 8.89. The smallest absolute Gasteiger partial charge is 0.287 e. The van der Waals surface area contributed by atoms with Gasteiger partial charge < -0.3 is 0 Å². The van der Waals surface area contributed by atoms with Crippen molar-refractivity contribution in [1.29, 1.82) is 0 Å². The van der Waals surface area contributed by atoms with Crippen molar-refractivity contribution in [1.82, 2.24) is 19.2 Å². The third kappa shape index (κ3) is 2.58. The van der Waals surface area contributed by atoms with Gasteiger partial charge in [0.05, 0.1) is 12.1 Å². The summed E-state index contributed by atoms with van der Waals surface area (Å²) in [6.45, 7) is 0.114. The van der Waals surface area contributed by atoms with Crippen molar-refractivity contribution in [2.24, 2.45) is 0 Å². The number of para-hydroxylation sites is 1.